The van der Waals surface area contributed by atoms with Crippen LogP contribution in [0.2, 0.25) is 0 Å². The second-order valence-electron chi connectivity index (χ2n) is 4.51. The summed E-state index contributed by atoms with van der Waals surface area (Å²) in [5.74, 6) is -1.98. The van der Waals surface area contributed by atoms with E-state index < -0.39 is 11.8 Å². The van der Waals surface area contributed by atoms with Crippen LogP contribution < -0.4 is 5.32 Å². The Balaban J connectivity index is 2.01. The zero-order chi connectivity index (χ0) is 14.5. The predicted octanol–water partition coefficient (Wildman–Crippen LogP) is 2.77. The highest BCUT2D eigenvalue weighted by atomic mass is 19.1. The van der Waals surface area contributed by atoms with Crippen molar-refractivity contribution in [1.29, 1.82) is 0 Å². The number of aromatic carboxylic acids is 1. The number of carboxylic acid groups (broad SMARTS) is 1. The average Bonchev–Trinajstić information content (AvgIpc) is 2.45. The van der Waals surface area contributed by atoms with E-state index in [1.165, 1.54) is 12.1 Å². The van der Waals surface area contributed by atoms with E-state index in [-0.39, 0.29) is 11.6 Å². The average molecular weight is 274 g/mol. The molecule has 104 valence electrons. The molecule has 1 aromatic heterocycles. The van der Waals surface area contributed by atoms with Crippen LogP contribution in [-0.2, 0) is 6.54 Å². The van der Waals surface area contributed by atoms with Gasteiger partial charge in [-0.15, -0.1) is 0 Å². The molecule has 2 N–H and O–H groups in total. The van der Waals surface area contributed by atoms with E-state index >= 15 is 0 Å². The number of halogens is 1. The molecule has 4 nitrogen and oxygen atoms in total. The van der Waals surface area contributed by atoms with Gasteiger partial charge in [-0.25, -0.2) is 9.18 Å². The number of hydrogen-bond donors (Lipinski definition) is 2. The Bertz CT molecular complexity index is 602. The summed E-state index contributed by atoms with van der Waals surface area (Å²) in [6, 6.07) is 8.02. The van der Waals surface area contributed by atoms with Gasteiger partial charge in [0.1, 0.15) is 5.82 Å². The maximum Gasteiger partial charge on any atom is 0.338 e. The smallest absolute Gasteiger partial charge is 0.338 e. The van der Waals surface area contributed by atoms with Crippen LogP contribution in [0.4, 0.5) is 4.39 Å². The molecular formula is C15H15FN2O2. The fourth-order valence-electron chi connectivity index (χ4n) is 1.86. The van der Waals surface area contributed by atoms with Crippen LogP contribution in [0.1, 0.15) is 34.5 Å². The summed E-state index contributed by atoms with van der Waals surface area (Å²) in [4.78, 5) is 14.8. The molecule has 2 aromatic rings. The van der Waals surface area contributed by atoms with Crippen molar-refractivity contribution in [3.63, 3.8) is 0 Å². The molecule has 5 heteroatoms. The third-order valence-electron chi connectivity index (χ3n) is 3.06. The van der Waals surface area contributed by atoms with E-state index in [1.807, 2.05) is 19.1 Å². The lowest BCUT2D eigenvalue weighted by molar-refractivity contribution is 0.0692. The number of nitrogens with zero attached hydrogens (tertiary/aromatic N) is 1. The first-order valence-corrected chi connectivity index (χ1v) is 6.23. The lowest BCUT2D eigenvalue weighted by Crippen LogP contribution is -2.18. The number of rotatable bonds is 5. The maximum absolute atomic E-state index is 13.5. The van der Waals surface area contributed by atoms with Crippen molar-refractivity contribution in [2.75, 3.05) is 0 Å². The second kappa shape index (κ2) is 6.25. The molecule has 0 aliphatic heterocycles. The first kappa shape index (κ1) is 14.1. The van der Waals surface area contributed by atoms with Gasteiger partial charge in [0, 0.05) is 25.0 Å². The van der Waals surface area contributed by atoms with Gasteiger partial charge in [0.15, 0.2) is 0 Å². The minimum atomic E-state index is -1.26. The van der Waals surface area contributed by atoms with Gasteiger partial charge in [0.2, 0.25) is 0 Å². The van der Waals surface area contributed by atoms with Crippen LogP contribution in [-0.4, -0.2) is 16.1 Å². The fraction of sp³-hybridized carbons (Fsp3) is 0.200. The van der Waals surface area contributed by atoms with Crippen LogP contribution in [0.25, 0.3) is 0 Å². The van der Waals surface area contributed by atoms with Crippen LogP contribution in [0.15, 0.2) is 42.7 Å². The minimum absolute atomic E-state index is 0.0749. The summed E-state index contributed by atoms with van der Waals surface area (Å²) in [7, 11) is 0. The number of benzene rings is 1. The summed E-state index contributed by atoms with van der Waals surface area (Å²) in [6.45, 7) is 2.44. The van der Waals surface area contributed by atoms with Gasteiger partial charge in [-0.3, -0.25) is 4.98 Å². The van der Waals surface area contributed by atoms with Gasteiger partial charge >= 0.3 is 5.97 Å². The molecule has 0 aliphatic carbocycles. The molecule has 0 bridgehead atoms. The molecule has 0 amide bonds. The number of aromatic nitrogens is 1. The zero-order valence-corrected chi connectivity index (χ0v) is 11.0. The predicted molar refractivity (Wildman–Crippen MR) is 72.9 cm³/mol. The monoisotopic (exact) mass is 274 g/mol. The Hall–Kier alpha value is -2.27. The van der Waals surface area contributed by atoms with E-state index in [1.54, 1.807) is 18.5 Å². The lowest BCUT2D eigenvalue weighted by atomic mass is 10.1. The minimum Gasteiger partial charge on any atom is -0.478 e. The Labute approximate surface area is 116 Å². The van der Waals surface area contributed by atoms with Crippen molar-refractivity contribution in [2.45, 2.75) is 19.5 Å². The third kappa shape index (κ3) is 3.39. The van der Waals surface area contributed by atoms with Crippen molar-refractivity contribution in [1.82, 2.24) is 10.3 Å². The van der Waals surface area contributed by atoms with Crippen LogP contribution in [0.3, 0.4) is 0 Å². The molecule has 0 spiro atoms. The number of carbonyl (C=O) groups is 1. The normalized spacial score (nSPS) is 12.1. The van der Waals surface area contributed by atoms with E-state index in [4.69, 9.17) is 5.11 Å². The highest BCUT2D eigenvalue weighted by Crippen LogP contribution is 2.13. The molecule has 2 rings (SSSR count). The second-order valence-corrected chi connectivity index (χ2v) is 4.51. The van der Waals surface area contributed by atoms with Crippen molar-refractivity contribution >= 4 is 5.97 Å². The van der Waals surface area contributed by atoms with Crippen molar-refractivity contribution < 1.29 is 14.3 Å². The Morgan fingerprint density at radius 1 is 1.45 bits per heavy atom. The first-order valence-electron chi connectivity index (χ1n) is 6.23. The largest absolute Gasteiger partial charge is 0.478 e. The zero-order valence-electron chi connectivity index (χ0n) is 11.0. The SMILES string of the molecule is C[C@H](NCc1ccc(C(=O)O)c(F)c1)c1cccnc1. The topological polar surface area (TPSA) is 62.2 Å². The number of nitrogens with one attached hydrogen (secondary N) is 1. The van der Waals surface area contributed by atoms with Crippen molar-refractivity contribution in [2.24, 2.45) is 0 Å². The van der Waals surface area contributed by atoms with E-state index in [9.17, 15) is 9.18 Å². The molecule has 0 radical (unpaired) electrons. The van der Waals surface area contributed by atoms with Gasteiger partial charge in [0.25, 0.3) is 0 Å². The molecule has 0 saturated heterocycles. The summed E-state index contributed by atoms with van der Waals surface area (Å²) in [5.41, 5.74) is 1.42. The summed E-state index contributed by atoms with van der Waals surface area (Å²) >= 11 is 0. The quantitative estimate of drug-likeness (QED) is 0.880. The molecule has 0 saturated carbocycles. The van der Waals surface area contributed by atoms with Gasteiger partial charge < -0.3 is 10.4 Å². The number of hydrogen-bond acceptors (Lipinski definition) is 3. The molecule has 1 heterocycles. The highest BCUT2D eigenvalue weighted by Gasteiger charge is 2.11. The van der Waals surface area contributed by atoms with Gasteiger partial charge in [0.05, 0.1) is 5.56 Å². The van der Waals surface area contributed by atoms with Crippen LogP contribution in [0, 0.1) is 5.82 Å². The molecule has 20 heavy (non-hydrogen) atoms. The van der Waals surface area contributed by atoms with E-state index in [0.717, 1.165) is 5.56 Å². The summed E-state index contributed by atoms with van der Waals surface area (Å²) in [6.07, 6.45) is 3.47. The fourth-order valence-corrected chi connectivity index (χ4v) is 1.86. The lowest BCUT2D eigenvalue weighted by Gasteiger charge is -2.14. The third-order valence-corrected chi connectivity index (χ3v) is 3.06. The number of pyridine rings is 1. The maximum atomic E-state index is 13.5. The highest BCUT2D eigenvalue weighted by molar-refractivity contribution is 5.87. The van der Waals surface area contributed by atoms with Crippen molar-refractivity contribution in [3.05, 3.63) is 65.2 Å². The van der Waals surface area contributed by atoms with Crippen molar-refractivity contribution in [3.8, 4) is 0 Å². The Kier molecular flexibility index (Phi) is 4.42. The molecule has 0 aliphatic rings. The van der Waals surface area contributed by atoms with Crippen LogP contribution >= 0.6 is 0 Å². The summed E-state index contributed by atoms with van der Waals surface area (Å²) in [5, 5.41) is 12.0. The molecule has 0 fully saturated rings. The van der Waals surface area contributed by atoms with Gasteiger partial charge in [-0.1, -0.05) is 12.1 Å². The van der Waals surface area contributed by atoms with Gasteiger partial charge in [-0.05, 0) is 36.2 Å². The molecular weight excluding hydrogens is 259 g/mol. The van der Waals surface area contributed by atoms with E-state index in [0.29, 0.717) is 12.1 Å². The molecule has 1 atom stereocenters. The first-order chi connectivity index (χ1) is 9.58. The van der Waals surface area contributed by atoms with E-state index in [2.05, 4.69) is 10.3 Å². The van der Waals surface area contributed by atoms with Crippen LogP contribution in [0.5, 0.6) is 0 Å². The Morgan fingerprint density at radius 2 is 2.25 bits per heavy atom. The Morgan fingerprint density at radius 3 is 2.85 bits per heavy atom. The number of carboxylic acids is 1. The standard InChI is InChI=1S/C15H15FN2O2/c1-10(12-3-2-6-17-9-12)18-8-11-4-5-13(15(19)20)14(16)7-11/h2-7,9-10,18H,8H2,1H3,(H,19,20)/t10-/m0/s1. The molecule has 1 aromatic carbocycles. The van der Waals surface area contributed by atoms with Gasteiger partial charge in [-0.2, -0.15) is 0 Å². The molecule has 0 unspecified atom stereocenters. The summed E-state index contributed by atoms with van der Waals surface area (Å²) < 4.78 is 13.5.